The summed E-state index contributed by atoms with van der Waals surface area (Å²) in [4.78, 5) is 4.99. The molecular weight excluding hydrogens is 775 g/mol. The molecule has 13 rings (SSSR count). The summed E-state index contributed by atoms with van der Waals surface area (Å²) < 4.78 is 2.50. The normalized spacial score (nSPS) is 15.1. The SMILES string of the molecule is c1ccc(N2c3cc(N(c4ccc(-c5cccc6ccccc56)cc4)c4ccc(-c5cccc6ccccc56)cc4)ccc3C3CC3c3c2n(-c2ccccc2)c2ccccc32)cc1. The van der Waals surface area contributed by atoms with Crippen molar-refractivity contribution in [1.82, 2.24) is 4.57 Å². The maximum Gasteiger partial charge on any atom is 0.127 e. The monoisotopic (exact) mass is 817 g/mol. The molecule has 0 amide bonds. The van der Waals surface area contributed by atoms with Crippen LogP contribution in [0.15, 0.2) is 237 Å². The van der Waals surface area contributed by atoms with Crippen LogP contribution in [-0.2, 0) is 0 Å². The molecule has 1 aromatic heterocycles. The van der Waals surface area contributed by atoms with Crippen molar-refractivity contribution in [3.05, 3.63) is 248 Å². The van der Waals surface area contributed by atoms with Gasteiger partial charge in [0.25, 0.3) is 0 Å². The van der Waals surface area contributed by atoms with Gasteiger partial charge >= 0.3 is 0 Å². The molecule has 1 saturated carbocycles. The van der Waals surface area contributed by atoms with Crippen molar-refractivity contribution in [2.45, 2.75) is 18.3 Å². The molecule has 2 aliphatic rings. The standard InChI is InChI=1S/C61H43N3/c1-3-19-45(20-4-1)63-58-28-12-11-25-55(58)60-57-40-56(57)54-38-37-49(39-59(54)64(61(60)63)46-21-5-2-6-22-46)62(47-33-29-43(30-34-47)52-26-13-17-41-15-7-9-23-50(41)52)48-35-31-44(32-36-48)53-27-14-18-42-16-8-10-24-51(42)53/h1-39,56-57H,40H2. The first kappa shape index (κ1) is 36.5. The summed E-state index contributed by atoms with van der Waals surface area (Å²) in [6, 6.07) is 87.0. The van der Waals surface area contributed by atoms with Gasteiger partial charge in [-0.3, -0.25) is 9.47 Å². The Kier molecular flexibility index (Phi) is 8.42. The summed E-state index contributed by atoms with van der Waals surface area (Å²) in [7, 11) is 0. The van der Waals surface area contributed by atoms with E-state index in [0.29, 0.717) is 11.8 Å². The number of hydrogen-bond donors (Lipinski definition) is 0. The number of fused-ring (bicyclic) bond motifs is 9. The summed E-state index contributed by atoms with van der Waals surface area (Å²) in [6.07, 6.45) is 1.14. The van der Waals surface area contributed by atoms with E-state index in [1.54, 1.807) is 0 Å². The molecule has 2 heterocycles. The van der Waals surface area contributed by atoms with Crippen LogP contribution in [0.2, 0.25) is 0 Å². The Bertz CT molecular complexity index is 3400. The van der Waals surface area contributed by atoms with Crippen molar-refractivity contribution in [2.75, 3.05) is 9.80 Å². The van der Waals surface area contributed by atoms with Crippen LogP contribution >= 0.6 is 0 Å². The zero-order chi connectivity index (χ0) is 42.1. The van der Waals surface area contributed by atoms with E-state index in [1.807, 2.05) is 0 Å². The van der Waals surface area contributed by atoms with Gasteiger partial charge in [0.05, 0.1) is 11.2 Å². The predicted octanol–water partition coefficient (Wildman–Crippen LogP) is 16.8. The van der Waals surface area contributed by atoms with Crippen LogP contribution in [-0.4, -0.2) is 4.57 Å². The van der Waals surface area contributed by atoms with Crippen LogP contribution in [0, 0.1) is 0 Å². The summed E-state index contributed by atoms with van der Waals surface area (Å²) in [5, 5.41) is 6.35. The van der Waals surface area contributed by atoms with Crippen molar-refractivity contribution in [2.24, 2.45) is 0 Å². The fourth-order valence-corrected chi connectivity index (χ4v) is 10.6. The van der Waals surface area contributed by atoms with E-state index in [-0.39, 0.29) is 0 Å². The number of anilines is 6. The highest BCUT2D eigenvalue weighted by molar-refractivity contribution is 6.01. The van der Waals surface area contributed by atoms with E-state index in [0.717, 1.165) is 34.9 Å². The highest BCUT2D eigenvalue weighted by Gasteiger charge is 2.48. The molecule has 3 nitrogen and oxygen atoms in total. The summed E-state index contributed by atoms with van der Waals surface area (Å²) in [6.45, 7) is 0. The minimum Gasteiger partial charge on any atom is -0.310 e. The molecule has 1 aliphatic heterocycles. The zero-order valence-electron chi connectivity index (χ0n) is 35.2. The van der Waals surface area contributed by atoms with Crippen LogP contribution in [0.1, 0.15) is 29.4 Å². The molecule has 11 aromatic rings. The third-order valence-corrected chi connectivity index (χ3v) is 13.7. The Labute approximate surface area is 373 Å². The minimum absolute atomic E-state index is 0.431. The molecule has 0 bridgehead atoms. The van der Waals surface area contributed by atoms with Gasteiger partial charge in [0.1, 0.15) is 5.82 Å². The van der Waals surface area contributed by atoms with Gasteiger partial charge in [-0.2, -0.15) is 0 Å². The van der Waals surface area contributed by atoms with E-state index in [2.05, 4.69) is 251 Å². The Balaban J connectivity index is 1.01. The molecule has 0 radical (unpaired) electrons. The van der Waals surface area contributed by atoms with Gasteiger partial charge in [0, 0.05) is 39.4 Å². The van der Waals surface area contributed by atoms with Crippen molar-refractivity contribution in [3.8, 4) is 27.9 Å². The van der Waals surface area contributed by atoms with Gasteiger partial charge in [0.15, 0.2) is 0 Å². The second-order valence-corrected chi connectivity index (χ2v) is 17.3. The van der Waals surface area contributed by atoms with Gasteiger partial charge in [-0.05, 0) is 134 Å². The van der Waals surface area contributed by atoms with Gasteiger partial charge in [0.2, 0.25) is 0 Å². The van der Waals surface area contributed by atoms with E-state index in [4.69, 9.17) is 0 Å². The van der Waals surface area contributed by atoms with E-state index in [1.165, 1.54) is 77.3 Å². The number of hydrogen-bond acceptors (Lipinski definition) is 2. The largest absolute Gasteiger partial charge is 0.310 e. The van der Waals surface area contributed by atoms with E-state index >= 15 is 0 Å². The van der Waals surface area contributed by atoms with E-state index < -0.39 is 0 Å². The third kappa shape index (κ3) is 5.89. The lowest BCUT2D eigenvalue weighted by Crippen LogP contribution is -2.17. The fraction of sp³-hybridized carbons (Fsp3) is 0.0492. The number of aromatic nitrogens is 1. The highest BCUT2D eigenvalue weighted by atomic mass is 15.3. The number of nitrogens with zero attached hydrogens (tertiary/aromatic N) is 3. The Morgan fingerprint density at radius 3 is 1.50 bits per heavy atom. The number of rotatable bonds is 7. The third-order valence-electron chi connectivity index (χ3n) is 13.7. The van der Waals surface area contributed by atoms with Crippen LogP contribution in [0.4, 0.5) is 34.3 Å². The van der Waals surface area contributed by atoms with Crippen LogP contribution in [0.3, 0.4) is 0 Å². The molecule has 64 heavy (non-hydrogen) atoms. The smallest absolute Gasteiger partial charge is 0.127 e. The maximum absolute atomic E-state index is 2.55. The number of para-hydroxylation sites is 3. The molecule has 2 atom stereocenters. The fourth-order valence-electron chi connectivity index (χ4n) is 10.6. The summed E-state index contributed by atoms with van der Waals surface area (Å²) in [5.74, 6) is 2.09. The molecule has 0 spiro atoms. The molecule has 2 unspecified atom stereocenters. The van der Waals surface area contributed by atoms with E-state index in [9.17, 15) is 0 Å². The molecule has 10 aromatic carbocycles. The molecule has 302 valence electrons. The topological polar surface area (TPSA) is 11.4 Å². The predicted molar refractivity (Wildman–Crippen MR) is 269 cm³/mol. The van der Waals surface area contributed by atoms with Gasteiger partial charge in [-0.25, -0.2) is 0 Å². The van der Waals surface area contributed by atoms with Crippen LogP contribution in [0.25, 0.3) is 60.4 Å². The maximum atomic E-state index is 2.55. The lowest BCUT2D eigenvalue weighted by Gasteiger charge is -2.31. The van der Waals surface area contributed by atoms with Crippen molar-refractivity contribution in [1.29, 1.82) is 0 Å². The zero-order valence-corrected chi connectivity index (χ0v) is 35.2. The quantitative estimate of drug-likeness (QED) is 0.159. The summed E-state index contributed by atoms with van der Waals surface area (Å²) >= 11 is 0. The highest BCUT2D eigenvalue weighted by Crippen LogP contribution is 2.65. The Morgan fingerprint density at radius 1 is 0.391 bits per heavy atom. The van der Waals surface area contributed by atoms with Crippen molar-refractivity contribution < 1.29 is 0 Å². The van der Waals surface area contributed by atoms with Gasteiger partial charge in [-0.15, -0.1) is 0 Å². The lowest BCUT2D eigenvalue weighted by atomic mass is 9.97. The second-order valence-electron chi connectivity index (χ2n) is 17.3. The van der Waals surface area contributed by atoms with Crippen molar-refractivity contribution >= 4 is 66.7 Å². The minimum atomic E-state index is 0.431. The average Bonchev–Trinajstić information content (AvgIpc) is 4.10. The molecule has 1 fully saturated rings. The second kappa shape index (κ2) is 14.8. The first-order valence-electron chi connectivity index (χ1n) is 22.4. The molecule has 0 N–H and O–H groups in total. The molecular formula is C61H43N3. The number of benzene rings is 10. The molecule has 1 aliphatic carbocycles. The lowest BCUT2D eigenvalue weighted by molar-refractivity contribution is 1.04. The first-order valence-corrected chi connectivity index (χ1v) is 22.4. The average molecular weight is 818 g/mol. The van der Waals surface area contributed by atoms with Crippen LogP contribution < -0.4 is 9.80 Å². The summed E-state index contributed by atoms with van der Waals surface area (Å²) in [5.41, 5.74) is 15.8. The molecule has 3 heteroatoms. The van der Waals surface area contributed by atoms with Gasteiger partial charge < -0.3 is 4.90 Å². The molecule has 0 saturated heterocycles. The first-order chi connectivity index (χ1) is 31.8. The Morgan fingerprint density at radius 2 is 0.891 bits per heavy atom. The van der Waals surface area contributed by atoms with Crippen molar-refractivity contribution in [3.63, 3.8) is 0 Å². The van der Waals surface area contributed by atoms with Crippen LogP contribution in [0.5, 0.6) is 0 Å². The van der Waals surface area contributed by atoms with Gasteiger partial charge in [-0.1, -0.05) is 170 Å². The Hall–Kier alpha value is -8.14.